The van der Waals surface area contributed by atoms with Crippen molar-refractivity contribution >= 4 is 0 Å². The van der Waals surface area contributed by atoms with Crippen molar-refractivity contribution in [1.82, 2.24) is 10.2 Å². The summed E-state index contributed by atoms with van der Waals surface area (Å²) in [5.41, 5.74) is 0. The van der Waals surface area contributed by atoms with Crippen LogP contribution < -0.4 is 5.32 Å². The van der Waals surface area contributed by atoms with Gasteiger partial charge in [0.1, 0.15) is 0 Å². The zero-order valence-electron chi connectivity index (χ0n) is 10.5. The van der Waals surface area contributed by atoms with Gasteiger partial charge in [-0.3, -0.25) is 4.90 Å². The fraction of sp³-hybridized carbons (Fsp3) is 1.00. The van der Waals surface area contributed by atoms with Crippen LogP contribution in [0.1, 0.15) is 46.5 Å². The fourth-order valence-corrected chi connectivity index (χ4v) is 3.06. The van der Waals surface area contributed by atoms with Gasteiger partial charge in [0, 0.05) is 31.2 Å². The zero-order chi connectivity index (χ0) is 10.8. The van der Waals surface area contributed by atoms with Gasteiger partial charge in [0.25, 0.3) is 0 Å². The highest BCUT2D eigenvalue weighted by Gasteiger charge is 2.42. The van der Waals surface area contributed by atoms with Crippen LogP contribution >= 0.6 is 0 Å². The van der Waals surface area contributed by atoms with Crippen LogP contribution in [0.2, 0.25) is 0 Å². The molecule has 3 atom stereocenters. The Labute approximate surface area is 94.4 Å². The number of rotatable bonds is 5. The standard InChI is InChI=1S/C13H26N2/c1-4-5-11-8-13(11)15-7-6-12(9-15)14-10(2)3/h10-14H,4-9H2,1-3H3. The molecule has 1 heterocycles. The molecule has 1 aliphatic heterocycles. The van der Waals surface area contributed by atoms with Gasteiger partial charge in [-0.1, -0.05) is 27.2 Å². The average molecular weight is 210 g/mol. The Bertz CT molecular complexity index is 203. The molecule has 15 heavy (non-hydrogen) atoms. The van der Waals surface area contributed by atoms with Crippen LogP contribution in [0.3, 0.4) is 0 Å². The second kappa shape index (κ2) is 4.84. The molecule has 3 unspecified atom stereocenters. The molecular formula is C13H26N2. The minimum atomic E-state index is 0.639. The largest absolute Gasteiger partial charge is 0.310 e. The molecule has 0 radical (unpaired) electrons. The summed E-state index contributed by atoms with van der Waals surface area (Å²) in [6.45, 7) is 9.43. The van der Waals surface area contributed by atoms with Crippen LogP contribution in [-0.2, 0) is 0 Å². The lowest BCUT2D eigenvalue weighted by atomic mass is 10.2. The van der Waals surface area contributed by atoms with Crippen molar-refractivity contribution in [3.05, 3.63) is 0 Å². The van der Waals surface area contributed by atoms with Crippen molar-refractivity contribution in [3.63, 3.8) is 0 Å². The highest BCUT2D eigenvalue weighted by atomic mass is 15.2. The van der Waals surface area contributed by atoms with Crippen molar-refractivity contribution in [2.75, 3.05) is 13.1 Å². The lowest BCUT2D eigenvalue weighted by Gasteiger charge is -2.18. The maximum atomic E-state index is 3.66. The molecule has 1 saturated heterocycles. The normalized spacial score (nSPS) is 36.4. The maximum absolute atomic E-state index is 3.66. The Hall–Kier alpha value is -0.0800. The van der Waals surface area contributed by atoms with Gasteiger partial charge in [-0.25, -0.2) is 0 Å². The first kappa shape index (κ1) is 11.4. The van der Waals surface area contributed by atoms with Gasteiger partial charge in [0.15, 0.2) is 0 Å². The molecule has 0 amide bonds. The number of hydrogen-bond donors (Lipinski definition) is 1. The summed E-state index contributed by atoms with van der Waals surface area (Å²) < 4.78 is 0. The van der Waals surface area contributed by atoms with Crippen LogP contribution in [0.15, 0.2) is 0 Å². The molecule has 0 bridgehead atoms. The van der Waals surface area contributed by atoms with Crippen LogP contribution in [0.5, 0.6) is 0 Å². The molecule has 1 aliphatic carbocycles. The quantitative estimate of drug-likeness (QED) is 0.749. The van der Waals surface area contributed by atoms with Crippen molar-refractivity contribution < 1.29 is 0 Å². The highest BCUT2D eigenvalue weighted by Crippen LogP contribution is 2.40. The number of nitrogens with one attached hydrogen (secondary N) is 1. The summed E-state index contributed by atoms with van der Waals surface area (Å²) in [4.78, 5) is 2.72. The Balaban J connectivity index is 1.70. The topological polar surface area (TPSA) is 15.3 Å². The molecule has 1 saturated carbocycles. The van der Waals surface area contributed by atoms with Crippen molar-refractivity contribution in [2.45, 2.75) is 64.6 Å². The average Bonchev–Trinajstić information content (AvgIpc) is 2.77. The summed E-state index contributed by atoms with van der Waals surface area (Å²) >= 11 is 0. The summed E-state index contributed by atoms with van der Waals surface area (Å²) in [5.74, 6) is 1.03. The van der Waals surface area contributed by atoms with E-state index in [9.17, 15) is 0 Å². The van der Waals surface area contributed by atoms with Crippen LogP contribution in [0.4, 0.5) is 0 Å². The number of hydrogen-bond acceptors (Lipinski definition) is 2. The molecule has 0 aromatic carbocycles. The van der Waals surface area contributed by atoms with Crippen LogP contribution in [-0.4, -0.2) is 36.1 Å². The Morgan fingerprint density at radius 3 is 2.87 bits per heavy atom. The molecule has 2 nitrogen and oxygen atoms in total. The molecule has 1 N–H and O–H groups in total. The molecule has 0 spiro atoms. The fourth-order valence-electron chi connectivity index (χ4n) is 3.06. The van der Waals surface area contributed by atoms with E-state index in [4.69, 9.17) is 0 Å². The van der Waals surface area contributed by atoms with E-state index < -0.39 is 0 Å². The molecule has 88 valence electrons. The van der Waals surface area contributed by atoms with Crippen molar-refractivity contribution in [1.29, 1.82) is 0 Å². The SMILES string of the molecule is CCCC1CC1N1CCC(NC(C)C)C1. The Morgan fingerprint density at radius 2 is 2.20 bits per heavy atom. The van der Waals surface area contributed by atoms with Crippen LogP contribution in [0.25, 0.3) is 0 Å². The third-order valence-electron chi connectivity index (χ3n) is 3.80. The molecule has 2 heteroatoms. The second-order valence-electron chi connectivity index (χ2n) is 5.65. The minimum Gasteiger partial charge on any atom is -0.310 e. The maximum Gasteiger partial charge on any atom is 0.0209 e. The van der Waals surface area contributed by atoms with Gasteiger partial charge >= 0.3 is 0 Å². The highest BCUT2D eigenvalue weighted by molar-refractivity contribution is 4.98. The summed E-state index contributed by atoms with van der Waals surface area (Å²) in [5, 5.41) is 3.66. The minimum absolute atomic E-state index is 0.639. The number of nitrogens with zero attached hydrogens (tertiary/aromatic N) is 1. The van der Waals surface area contributed by atoms with Gasteiger partial charge in [-0.15, -0.1) is 0 Å². The van der Waals surface area contributed by atoms with Crippen molar-refractivity contribution in [3.8, 4) is 0 Å². The molecule has 0 aromatic rings. The summed E-state index contributed by atoms with van der Waals surface area (Å²) in [7, 11) is 0. The smallest absolute Gasteiger partial charge is 0.0209 e. The van der Waals surface area contributed by atoms with Gasteiger partial charge < -0.3 is 5.32 Å². The predicted molar refractivity (Wildman–Crippen MR) is 65.1 cm³/mol. The molecule has 2 rings (SSSR count). The molecule has 2 aliphatic rings. The van der Waals surface area contributed by atoms with E-state index in [-0.39, 0.29) is 0 Å². The van der Waals surface area contributed by atoms with E-state index >= 15 is 0 Å². The van der Waals surface area contributed by atoms with E-state index in [1.54, 1.807) is 0 Å². The lowest BCUT2D eigenvalue weighted by Crippen LogP contribution is -2.37. The van der Waals surface area contributed by atoms with Crippen LogP contribution in [0, 0.1) is 5.92 Å². The Morgan fingerprint density at radius 1 is 1.40 bits per heavy atom. The summed E-state index contributed by atoms with van der Waals surface area (Å²) in [6.07, 6.45) is 5.64. The third-order valence-corrected chi connectivity index (χ3v) is 3.80. The molecular weight excluding hydrogens is 184 g/mol. The zero-order valence-corrected chi connectivity index (χ0v) is 10.5. The Kier molecular flexibility index (Phi) is 3.68. The van der Waals surface area contributed by atoms with E-state index in [1.165, 1.54) is 38.8 Å². The second-order valence-corrected chi connectivity index (χ2v) is 5.65. The third kappa shape index (κ3) is 2.94. The van der Waals surface area contributed by atoms with Gasteiger partial charge in [0.05, 0.1) is 0 Å². The van der Waals surface area contributed by atoms with Gasteiger partial charge in [-0.2, -0.15) is 0 Å². The first-order valence-corrected chi connectivity index (χ1v) is 6.70. The lowest BCUT2D eigenvalue weighted by molar-refractivity contribution is 0.297. The molecule has 2 fully saturated rings. The van der Waals surface area contributed by atoms with E-state index in [0.29, 0.717) is 6.04 Å². The monoisotopic (exact) mass is 210 g/mol. The first-order valence-electron chi connectivity index (χ1n) is 6.70. The first-order chi connectivity index (χ1) is 7.20. The predicted octanol–water partition coefficient (Wildman–Crippen LogP) is 2.25. The van der Waals surface area contributed by atoms with Gasteiger partial charge in [0.2, 0.25) is 0 Å². The van der Waals surface area contributed by atoms with E-state index in [0.717, 1.165) is 18.0 Å². The van der Waals surface area contributed by atoms with Gasteiger partial charge in [-0.05, 0) is 25.2 Å². The van der Waals surface area contributed by atoms with E-state index in [2.05, 4.69) is 31.0 Å². The number of likely N-dealkylation sites (tertiary alicyclic amines) is 1. The van der Waals surface area contributed by atoms with Crippen molar-refractivity contribution in [2.24, 2.45) is 5.92 Å². The summed E-state index contributed by atoms with van der Waals surface area (Å²) in [6, 6.07) is 2.34. The molecule has 0 aromatic heterocycles. The van der Waals surface area contributed by atoms with E-state index in [1.807, 2.05) is 0 Å².